The van der Waals surface area contributed by atoms with Crippen molar-refractivity contribution in [3.8, 4) is 0 Å². The van der Waals surface area contributed by atoms with Crippen molar-refractivity contribution in [2.24, 2.45) is 5.92 Å². The molecule has 1 aliphatic carbocycles. The Morgan fingerprint density at radius 2 is 1.95 bits per heavy atom. The highest BCUT2D eigenvalue weighted by Gasteiger charge is 2.45. The van der Waals surface area contributed by atoms with Crippen LogP contribution in [0.5, 0.6) is 0 Å². The van der Waals surface area contributed by atoms with Crippen molar-refractivity contribution in [1.82, 2.24) is 4.90 Å². The largest absolute Gasteiger partial charge is 0.445 e. The third-order valence-electron chi connectivity index (χ3n) is 3.96. The van der Waals surface area contributed by atoms with Crippen LogP contribution in [0.3, 0.4) is 0 Å². The van der Waals surface area contributed by atoms with Gasteiger partial charge in [-0.15, -0.1) is 0 Å². The second kappa shape index (κ2) is 5.56. The Hall–Kier alpha value is -1.36. The van der Waals surface area contributed by atoms with E-state index in [-0.39, 0.29) is 24.5 Å². The van der Waals surface area contributed by atoms with Crippen LogP contribution < -0.4 is 0 Å². The molecule has 2 fully saturated rings. The van der Waals surface area contributed by atoms with E-state index in [0.29, 0.717) is 4.83 Å². The van der Waals surface area contributed by atoms with Crippen molar-refractivity contribution in [2.75, 3.05) is 0 Å². The number of imide groups is 1. The van der Waals surface area contributed by atoms with Gasteiger partial charge in [0.05, 0.1) is 12.5 Å². The molecule has 1 aromatic rings. The van der Waals surface area contributed by atoms with E-state index < -0.39 is 6.09 Å². The van der Waals surface area contributed by atoms with Gasteiger partial charge in [-0.25, -0.2) is 9.69 Å². The van der Waals surface area contributed by atoms with E-state index in [4.69, 9.17) is 4.74 Å². The zero-order valence-electron chi connectivity index (χ0n) is 11.0. The molecule has 1 aliphatic heterocycles. The maximum Gasteiger partial charge on any atom is 0.417 e. The van der Waals surface area contributed by atoms with Gasteiger partial charge in [-0.1, -0.05) is 46.3 Å². The van der Waals surface area contributed by atoms with E-state index in [1.165, 1.54) is 4.90 Å². The lowest BCUT2D eigenvalue weighted by Crippen LogP contribution is -2.53. The molecule has 3 unspecified atom stereocenters. The molecule has 1 heterocycles. The molecular weight excluding hydrogens is 322 g/mol. The fourth-order valence-electron chi connectivity index (χ4n) is 2.88. The fourth-order valence-corrected chi connectivity index (χ4v) is 3.55. The molecule has 5 heteroatoms. The van der Waals surface area contributed by atoms with E-state index in [0.717, 1.165) is 24.8 Å². The molecule has 106 valence electrons. The summed E-state index contributed by atoms with van der Waals surface area (Å²) in [6.45, 7) is 0.286. The number of fused-ring (bicyclic) bond motifs is 1. The van der Waals surface area contributed by atoms with Crippen LogP contribution in [0.4, 0.5) is 4.79 Å². The third-order valence-corrected chi connectivity index (χ3v) is 4.79. The molecule has 4 nitrogen and oxygen atoms in total. The normalized spacial score (nSPS) is 29.9. The lowest BCUT2D eigenvalue weighted by atomic mass is 9.84. The van der Waals surface area contributed by atoms with Crippen LogP contribution in [-0.2, 0) is 16.1 Å². The Labute approximate surface area is 126 Å². The van der Waals surface area contributed by atoms with E-state index in [1.807, 2.05) is 30.3 Å². The zero-order chi connectivity index (χ0) is 14.1. The topological polar surface area (TPSA) is 46.6 Å². The molecule has 0 aromatic heterocycles. The van der Waals surface area contributed by atoms with Crippen molar-refractivity contribution in [3.63, 3.8) is 0 Å². The summed E-state index contributed by atoms with van der Waals surface area (Å²) in [5.74, 6) is -0.297. The van der Waals surface area contributed by atoms with Gasteiger partial charge in [0.1, 0.15) is 6.10 Å². The number of carbonyl (C=O) groups excluding carboxylic acids is 2. The van der Waals surface area contributed by atoms with Crippen LogP contribution in [0.1, 0.15) is 24.8 Å². The van der Waals surface area contributed by atoms with Crippen molar-refractivity contribution in [1.29, 1.82) is 0 Å². The maximum atomic E-state index is 12.5. The average Bonchev–Trinajstić information content (AvgIpc) is 2.46. The summed E-state index contributed by atoms with van der Waals surface area (Å²) in [5.41, 5.74) is 0.933. The first-order valence-corrected chi connectivity index (χ1v) is 7.76. The quantitative estimate of drug-likeness (QED) is 0.779. The van der Waals surface area contributed by atoms with Crippen LogP contribution in [0.15, 0.2) is 30.3 Å². The highest BCUT2D eigenvalue weighted by Crippen LogP contribution is 2.36. The minimum Gasteiger partial charge on any atom is -0.445 e. The van der Waals surface area contributed by atoms with Crippen molar-refractivity contribution in [3.05, 3.63) is 35.9 Å². The Morgan fingerprint density at radius 3 is 2.70 bits per heavy atom. The first-order chi connectivity index (χ1) is 9.65. The minimum atomic E-state index is -0.506. The molecule has 20 heavy (non-hydrogen) atoms. The molecular formula is C15H16BrNO3. The van der Waals surface area contributed by atoms with Crippen LogP contribution in [0.25, 0.3) is 0 Å². The predicted octanol–water partition coefficient (Wildman–Crippen LogP) is 3.10. The second-order valence-corrected chi connectivity index (χ2v) is 6.64. The average molecular weight is 338 g/mol. The van der Waals surface area contributed by atoms with E-state index in [9.17, 15) is 9.59 Å². The lowest BCUT2D eigenvalue weighted by molar-refractivity contribution is -0.147. The number of amides is 2. The van der Waals surface area contributed by atoms with Crippen LogP contribution in [0.2, 0.25) is 0 Å². The minimum absolute atomic E-state index is 0.0979. The third kappa shape index (κ3) is 2.59. The summed E-state index contributed by atoms with van der Waals surface area (Å²) in [6.07, 6.45) is 1.70. The van der Waals surface area contributed by atoms with Crippen LogP contribution >= 0.6 is 15.9 Å². The summed E-state index contributed by atoms with van der Waals surface area (Å²) >= 11 is 3.57. The number of nitrogens with zero attached hydrogens (tertiary/aromatic N) is 1. The summed E-state index contributed by atoms with van der Waals surface area (Å²) in [4.78, 5) is 26.1. The first-order valence-electron chi connectivity index (χ1n) is 6.85. The second-order valence-electron chi connectivity index (χ2n) is 5.35. The molecule has 3 rings (SSSR count). The first kappa shape index (κ1) is 13.6. The van der Waals surface area contributed by atoms with Crippen molar-refractivity contribution < 1.29 is 14.3 Å². The van der Waals surface area contributed by atoms with Gasteiger partial charge in [0.2, 0.25) is 5.91 Å². The van der Waals surface area contributed by atoms with Crippen molar-refractivity contribution >= 4 is 27.9 Å². The predicted molar refractivity (Wildman–Crippen MR) is 77.3 cm³/mol. The van der Waals surface area contributed by atoms with E-state index in [1.54, 1.807) is 0 Å². The van der Waals surface area contributed by atoms with Gasteiger partial charge in [0.15, 0.2) is 0 Å². The molecule has 1 saturated carbocycles. The Bertz CT molecular complexity index is 519. The molecule has 1 aromatic carbocycles. The van der Waals surface area contributed by atoms with Gasteiger partial charge in [-0.2, -0.15) is 0 Å². The molecule has 3 atom stereocenters. The number of hydrogen-bond donors (Lipinski definition) is 0. The van der Waals surface area contributed by atoms with Crippen molar-refractivity contribution in [2.45, 2.75) is 36.7 Å². The summed E-state index contributed by atoms with van der Waals surface area (Å²) in [7, 11) is 0. The van der Waals surface area contributed by atoms with Crippen LogP contribution in [-0.4, -0.2) is 27.8 Å². The molecule has 1 saturated heterocycles. The summed E-state index contributed by atoms with van der Waals surface area (Å²) < 4.78 is 5.44. The number of carbonyl (C=O) groups is 2. The van der Waals surface area contributed by atoms with Gasteiger partial charge in [0.25, 0.3) is 0 Å². The maximum absolute atomic E-state index is 12.5. The highest BCUT2D eigenvalue weighted by molar-refractivity contribution is 9.09. The van der Waals surface area contributed by atoms with Crippen LogP contribution in [0, 0.1) is 5.92 Å². The molecule has 0 spiro atoms. The molecule has 2 aliphatic rings. The Kier molecular flexibility index (Phi) is 3.78. The van der Waals surface area contributed by atoms with Gasteiger partial charge in [-0.3, -0.25) is 4.79 Å². The number of halogens is 1. The Morgan fingerprint density at radius 1 is 1.20 bits per heavy atom. The van der Waals surface area contributed by atoms with E-state index >= 15 is 0 Å². The number of alkyl halides is 1. The number of hydrogen-bond acceptors (Lipinski definition) is 3. The molecule has 0 bridgehead atoms. The molecule has 2 amide bonds. The zero-order valence-corrected chi connectivity index (χ0v) is 12.6. The number of ether oxygens (including phenoxy) is 1. The highest BCUT2D eigenvalue weighted by atomic mass is 79.9. The lowest BCUT2D eigenvalue weighted by Gasteiger charge is -2.40. The van der Waals surface area contributed by atoms with Gasteiger partial charge < -0.3 is 4.74 Å². The SMILES string of the molecule is O=C1OC2CCC(Br)CC2C(=O)N1Cc1ccccc1. The Balaban J connectivity index is 1.77. The standard InChI is InChI=1S/C15H16BrNO3/c16-11-6-7-13-12(8-11)14(18)17(15(19)20-13)9-10-4-2-1-3-5-10/h1-5,11-13H,6-9H2. The van der Waals surface area contributed by atoms with Gasteiger partial charge in [0, 0.05) is 4.83 Å². The summed E-state index contributed by atoms with van der Waals surface area (Å²) in [5, 5.41) is 0. The van der Waals surface area contributed by atoms with Gasteiger partial charge >= 0.3 is 6.09 Å². The monoisotopic (exact) mass is 337 g/mol. The molecule has 0 radical (unpaired) electrons. The van der Waals surface area contributed by atoms with Gasteiger partial charge in [-0.05, 0) is 24.8 Å². The number of benzene rings is 1. The fraction of sp³-hybridized carbons (Fsp3) is 0.467. The van der Waals surface area contributed by atoms with E-state index in [2.05, 4.69) is 15.9 Å². The summed E-state index contributed by atoms with van der Waals surface area (Å²) in [6, 6.07) is 9.51. The number of rotatable bonds is 2. The smallest absolute Gasteiger partial charge is 0.417 e. The molecule has 0 N–H and O–H groups in total.